The first-order valence-electron chi connectivity index (χ1n) is 6.35. The zero-order chi connectivity index (χ0) is 13.9. The highest BCUT2D eigenvalue weighted by molar-refractivity contribution is 7.09. The number of thiophene rings is 1. The molecular formula is C13H18N2O3S. The Bertz CT molecular complexity index is 460. The summed E-state index contributed by atoms with van der Waals surface area (Å²) in [4.78, 5) is 26.0. The lowest BCUT2D eigenvalue weighted by molar-refractivity contribution is -0.147. The topological polar surface area (TPSA) is 69.6 Å². The number of carboxylic acids is 1. The molecule has 1 atom stereocenters. The molecule has 0 bridgehead atoms. The predicted molar refractivity (Wildman–Crippen MR) is 73.4 cm³/mol. The minimum absolute atomic E-state index is 0.279. The van der Waals surface area contributed by atoms with Gasteiger partial charge < -0.3 is 15.3 Å². The molecule has 0 aromatic carbocycles. The van der Waals surface area contributed by atoms with Crippen molar-refractivity contribution in [2.75, 3.05) is 13.1 Å². The lowest BCUT2D eigenvalue weighted by atomic mass is 10.00. The zero-order valence-electron chi connectivity index (χ0n) is 10.9. The van der Waals surface area contributed by atoms with Gasteiger partial charge in [0.1, 0.15) is 5.54 Å². The molecule has 1 aliphatic heterocycles. The first-order chi connectivity index (χ1) is 9.04. The largest absolute Gasteiger partial charge is 0.480 e. The van der Waals surface area contributed by atoms with Gasteiger partial charge in [0.05, 0.1) is 0 Å². The molecule has 104 valence electrons. The molecule has 1 aromatic heterocycles. The second-order valence-corrected chi connectivity index (χ2v) is 5.93. The Kier molecular flexibility index (Phi) is 4.09. The average molecular weight is 282 g/mol. The summed E-state index contributed by atoms with van der Waals surface area (Å²) >= 11 is 1.65. The summed E-state index contributed by atoms with van der Waals surface area (Å²) in [5.74, 6) is -0.932. The van der Waals surface area contributed by atoms with Gasteiger partial charge in [0.25, 0.3) is 0 Å². The number of nitrogens with one attached hydrogen (secondary N) is 1. The normalized spacial score (nSPS) is 22.5. The molecule has 0 spiro atoms. The van der Waals surface area contributed by atoms with Crippen molar-refractivity contribution in [1.82, 2.24) is 10.2 Å². The molecule has 1 unspecified atom stereocenters. The Hall–Kier alpha value is -1.56. The van der Waals surface area contributed by atoms with E-state index in [9.17, 15) is 14.7 Å². The molecule has 1 aliphatic rings. The summed E-state index contributed by atoms with van der Waals surface area (Å²) in [5.41, 5.74) is -1.06. The number of urea groups is 1. The molecule has 5 nitrogen and oxygen atoms in total. The molecule has 1 saturated heterocycles. The van der Waals surface area contributed by atoms with Gasteiger partial charge in [-0.25, -0.2) is 9.59 Å². The van der Waals surface area contributed by atoms with E-state index in [2.05, 4.69) is 5.32 Å². The van der Waals surface area contributed by atoms with Gasteiger partial charge in [-0.1, -0.05) is 6.07 Å². The lowest BCUT2D eigenvalue weighted by Crippen LogP contribution is -2.54. The third-order valence-corrected chi connectivity index (χ3v) is 4.51. The second kappa shape index (κ2) is 5.61. The van der Waals surface area contributed by atoms with Crippen LogP contribution >= 0.6 is 11.3 Å². The smallest absolute Gasteiger partial charge is 0.329 e. The van der Waals surface area contributed by atoms with Gasteiger partial charge in [-0.2, -0.15) is 0 Å². The van der Waals surface area contributed by atoms with Crippen molar-refractivity contribution in [3.8, 4) is 0 Å². The molecular weight excluding hydrogens is 264 g/mol. The third-order valence-electron chi connectivity index (χ3n) is 3.57. The number of hydrogen-bond acceptors (Lipinski definition) is 3. The van der Waals surface area contributed by atoms with Crippen molar-refractivity contribution in [1.29, 1.82) is 0 Å². The van der Waals surface area contributed by atoms with E-state index in [1.165, 1.54) is 9.78 Å². The number of carbonyl (C=O) groups is 2. The maximum Gasteiger partial charge on any atom is 0.329 e. The van der Waals surface area contributed by atoms with Crippen molar-refractivity contribution in [2.45, 2.75) is 31.7 Å². The van der Waals surface area contributed by atoms with E-state index in [-0.39, 0.29) is 6.03 Å². The van der Waals surface area contributed by atoms with Gasteiger partial charge in [0.2, 0.25) is 0 Å². The summed E-state index contributed by atoms with van der Waals surface area (Å²) < 4.78 is 0. The summed E-state index contributed by atoms with van der Waals surface area (Å²) in [6, 6.07) is 3.72. The van der Waals surface area contributed by atoms with E-state index < -0.39 is 11.5 Å². The first-order valence-corrected chi connectivity index (χ1v) is 7.23. The number of carboxylic acid groups (broad SMARTS) is 1. The molecule has 0 aliphatic carbocycles. The maximum absolute atomic E-state index is 12.0. The number of nitrogens with zero attached hydrogens (tertiary/aromatic N) is 1. The van der Waals surface area contributed by atoms with E-state index in [0.717, 1.165) is 12.8 Å². The van der Waals surface area contributed by atoms with Gasteiger partial charge in [-0.05, 0) is 37.6 Å². The zero-order valence-corrected chi connectivity index (χ0v) is 11.7. The van der Waals surface area contributed by atoms with Crippen LogP contribution in [0.5, 0.6) is 0 Å². The summed E-state index contributed by atoms with van der Waals surface area (Å²) in [7, 11) is 0. The number of amides is 2. The van der Waals surface area contributed by atoms with E-state index in [1.807, 2.05) is 17.5 Å². The standard InChI is InChI=1S/C13H18N2O3S/c1-13(11(16)17)6-3-8-15(13)12(18)14-7-5-10-4-2-9-19-10/h2,4,9H,3,5-8H2,1H3,(H,14,18)(H,16,17). The van der Waals surface area contributed by atoms with E-state index in [1.54, 1.807) is 18.3 Å². The van der Waals surface area contributed by atoms with E-state index in [4.69, 9.17) is 0 Å². The first kappa shape index (κ1) is 13.9. The molecule has 1 fully saturated rings. The van der Waals surface area contributed by atoms with Crippen LogP contribution in [-0.4, -0.2) is 40.6 Å². The summed E-state index contributed by atoms with van der Waals surface area (Å²) in [6.07, 6.45) is 2.03. The molecule has 0 radical (unpaired) electrons. The highest BCUT2D eigenvalue weighted by Gasteiger charge is 2.45. The number of hydrogen-bond donors (Lipinski definition) is 2. The van der Waals surface area contributed by atoms with Crippen LogP contribution in [0, 0.1) is 0 Å². The van der Waals surface area contributed by atoms with Crippen molar-refractivity contribution < 1.29 is 14.7 Å². The molecule has 0 saturated carbocycles. The van der Waals surface area contributed by atoms with Gasteiger partial charge >= 0.3 is 12.0 Å². The minimum Gasteiger partial charge on any atom is -0.480 e. The van der Waals surface area contributed by atoms with Crippen LogP contribution < -0.4 is 5.32 Å². The minimum atomic E-state index is -1.06. The number of likely N-dealkylation sites (tertiary alicyclic amines) is 1. The van der Waals surface area contributed by atoms with Gasteiger partial charge in [0.15, 0.2) is 0 Å². The molecule has 2 amide bonds. The van der Waals surface area contributed by atoms with Crippen LogP contribution in [0.4, 0.5) is 4.79 Å². The third kappa shape index (κ3) is 2.89. The summed E-state index contributed by atoms with van der Waals surface area (Å²) in [6.45, 7) is 2.65. The quantitative estimate of drug-likeness (QED) is 0.886. The predicted octanol–water partition coefficient (Wildman–Crippen LogP) is 1.94. The fraction of sp³-hybridized carbons (Fsp3) is 0.538. The maximum atomic E-state index is 12.0. The lowest BCUT2D eigenvalue weighted by Gasteiger charge is -2.31. The molecule has 2 heterocycles. The fourth-order valence-corrected chi connectivity index (χ4v) is 3.06. The molecule has 1 aromatic rings. The van der Waals surface area contributed by atoms with E-state index >= 15 is 0 Å². The summed E-state index contributed by atoms with van der Waals surface area (Å²) in [5, 5.41) is 14.0. The number of aliphatic carboxylic acids is 1. The molecule has 2 N–H and O–H groups in total. The Labute approximate surface area is 116 Å². The highest BCUT2D eigenvalue weighted by atomic mass is 32.1. The van der Waals surface area contributed by atoms with Gasteiger partial charge in [-0.15, -0.1) is 11.3 Å². The van der Waals surface area contributed by atoms with Gasteiger partial charge in [0, 0.05) is 18.0 Å². The van der Waals surface area contributed by atoms with Crippen LogP contribution in [0.1, 0.15) is 24.6 Å². The Balaban J connectivity index is 1.87. The van der Waals surface area contributed by atoms with Gasteiger partial charge in [-0.3, -0.25) is 0 Å². The van der Waals surface area contributed by atoms with Crippen molar-refractivity contribution >= 4 is 23.3 Å². The van der Waals surface area contributed by atoms with Crippen LogP contribution in [0.25, 0.3) is 0 Å². The van der Waals surface area contributed by atoms with Crippen molar-refractivity contribution in [2.24, 2.45) is 0 Å². The fourth-order valence-electron chi connectivity index (χ4n) is 2.35. The molecule has 2 rings (SSSR count). The highest BCUT2D eigenvalue weighted by Crippen LogP contribution is 2.29. The molecule has 19 heavy (non-hydrogen) atoms. The average Bonchev–Trinajstić information content (AvgIpc) is 2.99. The van der Waals surface area contributed by atoms with Crippen molar-refractivity contribution in [3.05, 3.63) is 22.4 Å². The number of rotatable bonds is 4. The van der Waals surface area contributed by atoms with E-state index in [0.29, 0.717) is 19.5 Å². The van der Waals surface area contributed by atoms with Crippen LogP contribution in [0.2, 0.25) is 0 Å². The monoisotopic (exact) mass is 282 g/mol. The Morgan fingerprint density at radius 3 is 3.00 bits per heavy atom. The van der Waals surface area contributed by atoms with Crippen LogP contribution in [0.15, 0.2) is 17.5 Å². The SMILES string of the molecule is CC1(C(=O)O)CCCN1C(=O)NCCc1cccs1. The van der Waals surface area contributed by atoms with Crippen LogP contribution in [-0.2, 0) is 11.2 Å². The Morgan fingerprint density at radius 1 is 1.58 bits per heavy atom. The molecule has 6 heteroatoms. The number of carbonyl (C=O) groups excluding carboxylic acids is 1. The Morgan fingerprint density at radius 2 is 2.37 bits per heavy atom. The van der Waals surface area contributed by atoms with Crippen molar-refractivity contribution in [3.63, 3.8) is 0 Å². The van der Waals surface area contributed by atoms with Crippen LogP contribution in [0.3, 0.4) is 0 Å². The second-order valence-electron chi connectivity index (χ2n) is 4.90.